The fourth-order valence-electron chi connectivity index (χ4n) is 3.93. The van der Waals surface area contributed by atoms with E-state index >= 15 is 0 Å². The first-order chi connectivity index (χ1) is 16.2. The Morgan fingerprint density at radius 1 is 1.18 bits per heavy atom. The summed E-state index contributed by atoms with van der Waals surface area (Å²) in [5.74, 6) is -2.30. The van der Waals surface area contributed by atoms with E-state index in [1.54, 1.807) is 24.6 Å². The molecule has 0 aliphatic carbocycles. The van der Waals surface area contributed by atoms with Gasteiger partial charge >= 0.3 is 18.0 Å². The van der Waals surface area contributed by atoms with Gasteiger partial charge < -0.3 is 19.8 Å². The number of carbonyl (C=O) groups excluding carboxylic acids is 1. The van der Waals surface area contributed by atoms with Crippen molar-refractivity contribution >= 4 is 35.2 Å². The minimum Gasteiger partial charge on any atom is -0.478 e. The topological polar surface area (TPSA) is 129 Å². The Hall–Kier alpha value is -3.31. The van der Waals surface area contributed by atoms with Crippen LogP contribution in [0.4, 0.5) is 15.0 Å². The summed E-state index contributed by atoms with van der Waals surface area (Å²) in [6.45, 7) is 5.49. The minimum atomic E-state index is -1.26. The number of halogens is 1. The summed E-state index contributed by atoms with van der Waals surface area (Å²) in [4.78, 5) is 38.9. The van der Waals surface area contributed by atoms with Gasteiger partial charge in [0, 0.05) is 17.6 Å². The Bertz CT molecular complexity index is 1050. The molecule has 1 aromatic heterocycles. The predicted octanol–water partition coefficient (Wildman–Crippen LogP) is 4.00. The molecule has 0 spiro atoms. The van der Waals surface area contributed by atoms with Crippen LogP contribution in [-0.2, 0) is 14.3 Å². The molecule has 34 heavy (non-hydrogen) atoms. The number of carboxylic acids is 2. The summed E-state index contributed by atoms with van der Waals surface area (Å²) in [5, 5.41) is 18.4. The van der Waals surface area contributed by atoms with Crippen LogP contribution in [0.15, 0.2) is 35.9 Å². The first-order valence-corrected chi connectivity index (χ1v) is 11.6. The lowest BCUT2D eigenvalue weighted by molar-refractivity contribution is -0.134. The number of aliphatic carboxylic acids is 2. The molecule has 3 aliphatic rings. The van der Waals surface area contributed by atoms with Crippen LogP contribution in [-0.4, -0.2) is 64.4 Å². The lowest BCUT2D eigenvalue weighted by Gasteiger charge is -2.47. The highest BCUT2D eigenvalue weighted by molar-refractivity contribution is 7.13. The number of benzene rings is 1. The predicted molar refractivity (Wildman–Crippen MR) is 124 cm³/mol. The summed E-state index contributed by atoms with van der Waals surface area (Å²) >= 11 is 1.41. The average Bonchev–Trinajstić information content (AvgIpc) is 3.28. The first kappa shape index (κ1) is 25.3. The Morgan fingerprint density at radius 3 is 2.35 bits per heavy atom. The molecule has 2 aromatic rings. The Balaban J connectivity index is 0.000000350. The molecule has 2 bridgehead atoms. The van der Waals surface area contributed by atoms with Crippen LogP contribution in [0.5, 0.6) is 0 Å². The molecule has 3 fully saturated rings. The molecule has 5 rings (SSSR count). The van der Waals surface area contributed by atoms with E-state index in [1.807, 2.05) is 0 Å². The second-order valence-electron chi connectivity index (χ2n) is 8.30. The van der Waals surface area contributed by atoms with Crippen LogP contribution < -0.4 is 5.32 Å². The minimum absolute atomic E-state index is 0.144. The highest BCUT2D eigenvalue weighted by Crippen LogP contribution is 2.40. The summed E-state index contributed by atoms with van der Waals surface area (Å²) < 4.78 is 19.0. The van der Waals surface area contributed by atoms with Crippen molar-refractivity contribution in [2.75, 3.05) is 31.6 Å². The number of piperidine rings is 3. The molecule has 0 atom stereocenters. The first-order valence-electron chi connectivity index (χ1n) is 10.7. The number of hydrogen-bond acceptors (Lipinski definition) is 7. The van der Waals surface area contributed by atoms with E-state index in [1.165, 1.54) is 17.4 Å². The van der Waals surface area contributed by atoms with Crippen molar-refractivity contribution in [3.8, 4) is 10.4 Å². The van der Waals surface area contributed by atoms with Gasteiger partial charge in [-0.15, -0.1) is 11.3 Å². The van der Waals surface area contributed by atoms with Crippen LogP contribution in [0.3, 0.4) is 0 Å². The SMILES string of the molecule is Cc1cc(-c2scnc2NC(=O)OCC23CCN(CC2)CC3)ccc1F.O=C(O)/C=C/C(=O)O. The molecular weight excluding hydrogens is 465 g/mol. The second kappa shape index (κ2) is 11.2. The normalized spacial score (nSPS) is 20.9. The molecule has 182 valence electrons. The van der Waals surface area contributed by atoms with E-state index in [0.29, 0.717) is 30.1 Å². The number of carbonyl (C=O) groups is 3. The van der Waals surface area contributed by atoms with Crippen molar-refractivity contribution in [3.05, 3.63) is 47.2 Å². The van der Waals surface area contributed by atoms with Gasteiger partial charge in [-0.1, -0.05) is 6.07 Å². The van der Waals surface area contributed by atoms with E-state index in [-0.39, 0.29) is 11.2 Å². The summed E-state index contributed by atoms with van der Waals surface area (Å²) in [6.07, 6.45) is 3.92. The molecule has 3 N–H and O–H groups in total. The maximum Gasteiger partial charge on any atom is 0.412 e. The van der Waals surface area contributed by atoms with E-state index in [9.17, 15) is 18.8 Å². The molecule has 1 amide bonds. The number of rotatable bonds is 6. The monoisotopic (exact) mass is 491 g/mol. The summed E-state index contributed by atoms with van der Waals surface area (Å²) in [6, 6.07) is 4.89. The third-order valence-corrected chi connectivity index (χ3v) is 6.84. The maximum atomic E-state index is 13.5. The van der Waals surface area contributed by atoms with E-state index in [0.717, 1.165) is 49.3 Å². The molecule has 0 unspecified atom stereocenters. The summed E-state index contributed by atoms with van der Waals surface area (Å²) in [5.41, 5.74) is 3.21. The lowest BCUT2D eigenvalue weighted by Crippen LogP contribution is -2.50. The largest absolute Gasteiger partial charge is 0.478 e. The molecule has 11 heteroatoms. The number of nitrogens with zero attached hydrogens (tertiary/aromatic N) is 2. The van der Waals surface area contributed by atoms with Crippen molar-refractivity contribution in [1.29, 1.82) is 0 Å². The van der Waals surface area contributed by atoms with Gasteiger partial charge in [-0.3, -0.25) is 5.32 Å². The Morgan fingerprint density at radius 2 is 1.79 bits per heavy atom. The van der Waals surface area contributed by atoms with Crippen molar-refractivity contribution in [2.45, 2.75) is 26.2 Å². The van der Waals surface area contributed by atoms with Crippen molar-refractivity contribution in [2.24, 2.45) is 5.41 Å². The third kappa shape index (κ3) is 6.84. The van der Waals surface area contributed by atoms with E-state index in [2.05, 4.69) is 15.2 Å². The smallest absolute Gasteiger partial charge is 0.412 e. The van der Waals surface area contributed by atoms with E-state index < -0.39 is 18.0 Å². The van der Waals surface area contributed by atoms with Crippen molar-refractivity contribution in [1.82, 2.24) is 9.88 Å². The van der Waals surface area contributed by atoms with Gasteiger partial charge in [0.2, 0.25) is 0 Å². The molecule has 0 saturated carbocycles. The highest BCUT2D eigenvalue weighted by Gasteiger charge is 2.40. The van der Waals surface area contributed by atoms with Gasteiger partial charge in [-0.25, -0.2) is 23.8 Å². The maximum absolute atomic E-state index is 13.5. The Labute approximate surface area is 199 Å². The zero-order valence-electron chi connectivity index (χ0n) is 18.6. The number of amides is 1. The van der Waals surface area contributed by atoms with Gasteiger partial charge in [-0.05, 0) is 69.1 Å². The van der Waals surface area contributed by atoms with Crippen LogP contribution in [0.2, 0.25) is 0 Å². The number of carboxylic acid groups (broad SMARTS) is 2. The number of fused-ring (bicyclic) bond motifs is 3. The van der Waals surface area contributed by atoms with Crippen molar-refractivity contribution in [3.63, 3.8) is 0 Å². The quantitative estimate of drug-likeness (QED) is 0.517. The van der Waals surface area contributed by atoms with Crippen LogP contribution >= 0.6 is 11.3 Å². The number of anilines is 1. The van der Waals surface area contributed by atoms with Crippen LogP contribution in [0.25, 0.3) is 10.4 Å². The molecule has 9 nitrogen and oxygen atoms in total. The van der Waals surface area contributed by atoms with Gasteiger partial charge in [-0.2, -0.15) is 0 Å². The number of thiazole rings is 1. The van der Waals surface area contributed by atoms with Gasteiger partial charge in [0.15, 0.2) is 5.82 Å². The zero-order valence-corrected chi connectivity index (χ0v) is 19.4. The van der Waals surface area contributed by atoms with Gasteiger partial charge in [0.1, 0.15) is 5.82 Å². The molecule has 0 radical (unpaired) electrons. The fraction of sp³-hybridized carbons (Fsp3) is 0.391. The number of hydrogen-bond donors (Lipinski definition) is 3. The van der Waals surface area contributed by atoms with E-state index in [4.69, 9.17) is 14.9 Å². The van der Waals surface area contributed by atoms with Crippen molar-refractivity contribution < 1.29 is 33.7 Å². The number of aromatic nitrogens is 1. The molecule has 1 aromatic carbocycles. The fourth-order valence-corrected chi connectivity index (χ4v) is 4.67. The Kier molecular flexibility index (Phi) is 8.35. The molecule has 3 saturated heterocycles. The molecule has 3 aliphatic heterocycles. The van der Waals surface area contributed by atoms with Crippen LogP contribution in [0.1, 0.15) is 24.8 Å². The lowest BCUT2D eigenvalue weighted by atomic mass is 9.73. The highest BCUT2D eigenvalue weighted by atomic mass is 32.1. The number of ether oxygens (including phenoxy) is 1. The number of nitrogens with one attached hydrogen (secondary N) is 1. The van der Waals surface area contributed by atoms with Gasteiger partial charge in [0.05, 0.1) is 17.0 Å². The molecule has 4 heterocycles. The second-order valence-corrected chi connectivity index (χ2v) is 9.15. The third-order valence-electron chi connectivity index (χ3n) is 5.96. The number of aryl methyl sites for hydroxylation is 1. The zero-order chi connectivity index (χ0) is 24.7. The standard InChI is InChI=1S/C19H22FN3O2S.C4H4O4/c1-13-10-14(2-3-15(13)20)16-17(21-12-26-16)22-18(24)25-11-19-4-7-23(8-5-19)9-6-19;5-3(6)1-2-4(7)8/h2-3,10,12H,4-9,11H2,1H3,(H,22,24);1-2H,(H,5,6)(H,7,8)/b;2-1+. The summed E-state index contributed by atoms with van der Waals surface area (Å²) in [7, 11) is 0. The molecular formula is C23H26FN3O6S. The van der Waals surface area contributed by atoms with Crippen LogP contribution in [0, 0.1) is 18.2 Å². The van der Waals surface area contributed by atoms with Gasteiger partial charge in [0.25, 0.3) is 0 Å². The average molecular weight is 492 g/mol.